The van der Waals surface area contributed by atoms with Crippen molar-refractivity contribution >= 4 is 11.6 Å². The predicted octanol–water partition coefficient (Wildman–Crippen LogP) is 6.02. The normalized spacial score (nSPS) is 16.8. The maximum absolute atomic E-state index is 12.8. The fraction of sp³-hybridized carbons (Fsp3) is 0.276. The zero-order chi connectivity index (χ0) is 24.4. The minimum absolute atomic E-state index is 0.0289. The standard InChI is InChI=1S/C29H30N4O2/c1-19(2)18-35-29-31-27(22-11-9-20(3)10-12-22)33(32-29)24-15-13-23(14-16-24)30-28(34)26-17-25(26)21-7-5-4-6-8-21/h4-16,19,25-26H,17-18H2,1-3H3,(H,30,34)/t25-,26?/m0/s1. The van der Waals surface area contributed by atoms with Gasteiger partial charge < -0.3 is 10.1 Å². The van der Waals surface area contributed by atoms with Crippen molar-refractivity contribution in [3.63, 3.8) is 0 Å². The number of nitrogens with one attached hydrogen (secondary N) is 1. The number of nitrogens with zero attached hydrogens (tertiary/aromatic N) is 3. The quantitative estimate of drug-likeness (QED) is 0.345. The van der Waals surface area contributed by atoms with Crippen LogP contribution in [0.4, 0.5) is 5.69 Å². The van der Waals surface area contributed by atoms with Crippen LogP contribution >= 0.6 is 0 Å². The van der Waals surface area contributed by atoms with E-state index in [0.717, 1.165) is 23.4 Å². The molecular formula is C29H30N4O2. The van der Waals surface area contributed by atoms with Gasteiger partial charge in [0.25, 0.3) is 0 Å². The SMILES string of the molecule is Cc1ccc(-c2nc(OCC(C)C)nn2-c2ccc(NC(=O)C3C[C@H]3c3ccccc3)cc2)cc1. The van der Waals surface area contributed by atoms with Crippen LogP contribution in [0.1, 0.15) is 37.3 Å². The highest BCUT2D eigenvalue weighted by Crippen LogP contribution is 2.47. The molecule has 1 fully saturated rings. The molecule has 1 saturated carbocycles. The first-order valence-corrected chi connectivity index (χ1v) is 12.1. The number of benzene rings is 3. The Morgan fingerprint density at radius 2 is 1.74 bits per heavy atom. The fourth-order valence-corrected chi connectivity index (χ4v) is 4.14. The Labute approximate surface area is 206 Å². The molecule has 178 valence electrons. The Morgan fingerprint density at radius 3 is 2.43 bits per heavy atom. The van der Waals surface area contributed by atoms with Crippen LogP contribution in [0, 0.1) is 18.8 Å². The van der Waals surface area contributed by atoms with E-state index >= 15 is 0 Å². The third-order valence-electron chi connectivity index (χ3n) is 6.18. The lowest BCUT2D eigenvalue weighted by Crippen LogP contribution is -2.14. The van der Waals surface area contributed by atoms with Crippen LogP contribution in [0.2, 0.25) is 0 Å². The summed E-state index contributed by atoms with van der Waals surface area (Å²) in [4.78, 5) is 17.4. The summed E-state index contributed by atoms with van der Waals surface area (Å²) < 4.78 is 7.60. The first-order valence-electron chi connectivity index (χ1n) is 12.1. The summed E-state index contributed by atoms with van der Waals surface area (Å²) in [5.41, 5.74) is 4.99. The average molecular weight is 467 g/mol. The van der Waals surface area contributed by atoms with Gasteiger partial charge in [0.2, 0.25) is 5.91 Å². The van der Waals surface area contributed by atoms with Crippen molar-refractivity contribution in [2.75, 3.05) is 11.9 Å². The van der Waals surface area contributed by atoms with E-state index in [1.54, 1.807) is 4.68 Å². The van der Waals surface area contributed by atoms with Gasteiger partial charge in [0.1, 0.15) is 0 Å². The van der Waals surface area contributed by atoms with Crippen molar-refractivity contribution in [2.45, 2.75) is 33.1 Å². The molecular weight excluding hydrogens is 436 g/mol. The second-order valence-corrected chi connectivity index (χ2v) is 9.60. The van der Waals surface area contributed by atoms with Crippen LogP contribution in [-0.4, -0.2) is 27.3 Å². The Balaban J connectivity index is 1.33. The second-order valence-electron chi connectivity index (χ2n) is 9.60. The van der Waals surface area contributed by atoms with Crippen molar-refractivity contribution < 1.29 is 9.53 Å². The molecule has 1 aliphatic rings. The summed E-state index contributed by atoms with van der Waals surface area (Å²) in [5, 5.41) is 7.68. The van der Waals surface area contributed by atoms with Gasteiger partial charge in [-0.25, -0.2) is 4.68 Å². The lowest BCUT2D eigenvalue weighted by Gasteiger charge is -2.09. The summed E-state index contributed by atoms with van der Waals surface area (Å²) in [7, 11) is 0. The van der Waals surface area contributed by atoms with E-state index in [0.29, 0.717) is 30.3 Å². The van der Waals surface area contributed by atoms with Gasteiger partial charge in [-0.2, -0.15) is 4.98 Å². The predicted molar refractivity (Wildman–Crippen MR) is 138 cm³/mol. The van der Waals surface area contributed by atoms with Crippen molar-refractivity contribution in [3.8, 4) is 23.1 Å². The minimum atomic E-state index is 0.0289. The van der Waals surface area contributed by atoms with E-state index < -0.39 is 0 Å². The van der Waals surface area contributed by atoms with Crippen LogP contribution in [0.3, 0.4) is 0 Å². The van der Waals surface area contributed by atoms with Crippen LogP contribution in [0.5, 0.6) is 6.01 Å². The van der Waals surface area contributed by atoms with Crippen LogP contribution in [0.15, 0.2) is 78.9 Å². The Morgan fingerprint density at radius 1 is 1.03 bits per heavy atom. The van der Waals surface area contributed by atoms with Gasteiger partial charge in [-0.1, -0.05) is 74.0 Å². The molecule has 6 nitrogen and oxygen atoms in total. The maximum Gasteiger partial charge on any atom is 0.336 e. The molecule has 1 unspecified atom stereocenters. The number of ether oxygens (including phenoxy) is 1. The summed E-state index contributed by atoms with van der Waals surface area (Å²) in [5.74, 6) is 1.50. The zero-order valence-electron chi connectivity index (χ0n) is 20.3. The summed E-state index contributed by atoms with van der Waals surface area (Å²) in [6.45, 7) is 6.79. The van der Waals surface area contributed by atoms with Crippen molar-refractivity contribution in [2.24, 2.45) is 11.8 Å². The molecule has 6 heteroatoms. The summed E-state index contributed by atoms with van der Waals surface area (Å²) >= 11 is 0. The van der Waals surface area contributed by atoms with Gasteiger partial charge in [-0.15, -0.1) is 5.10 Å². The third-order valence-corrected chi connectivity index (χ3v) is 6.18. The number of carbonyl (C=O) groups is 1. The van der Waals surface area contributed by atoms with Gasteiger partial charge in [0, 0.05) is 17.2 Å². The first-order chi connectivity index (χ1) is 17.0. The maximum atomic E-state index is 12.8. The lowest BCUT2D eigenvalue weighted by molar-refractivity contribution is -0.117. The Kier molecular flexibility index (Phi) is 6.36. The summed E-state index contributed by atoms with van der Waals surface area (Å²) in [6, 6.07) is 26.5. The number of hydrogen-bond acceptors (Lipinski definition) is 4. The highest BCUT2D eigenvalue weighted by atomic mass is 16.5. The monoisotopic (exact) mass is 466 g/mol. The van der Waals surface area contributed by atoms with Crippen LogP contribution < -0.4 is 10.1 Å². The number of hydrogen-bond donors (Lipinski definition) is 1. The van der Waals surface area contributed by atoms with E-state index in [9.17, 15) is 4.79 Å². The van der Waals surface area contributed by atoms with Crippen molar-refractivity contribution in [1.29, 1.82) is 0 Å². The van der Waals surface area contributed by atoms with Gasteiger partial charge in [-0.05, 0) is 55.0 Å². The molecule has 35 heavy (non-hydrogen) atoms. The number of aromatic nitrogens is 3. The number of carbonyl (C=O) groups excluding carboxylic acids is 1. The molecule has 5 rings (SSSR count). The average Bonchev–Trinajstić information content (AvgIpc) is 3.57. The first kappa shape index (κ1) is 22.8. The molecule has 1 amide bonds. The third kappa shape index (κ3) is 5.27. The molecule has 0 aliphatic heterocycles. The Hall–Kier alpha value is -3.93. The second kappa shape index (κ2) is 9.74. The van der Waals surface area contributed by atoms with Crippen molar-refractivity contribution in [3.05, 3.63) is 90.0 Å². The molecule has 4 aromatic rings. The molecule has 0 radical (unpaired) electrons. The van der Waals surface area contributed by atoms with E-state index in [4.69, 9.17) is 4.74 Å². The van der Waals surface area contributed by atoms with Crippen molar-refractivity contribution in [1.82, 2.24) is 14.8 Å². The minimum Gasteiger partial charge on any atom is -0.462 e. The number of aryl methyl sites for hydroxylation is 1. The number of amides is 1. The molecule has 2 atom stereocenters. The van der Waals surface area contributed by atoms with Gasteiger partial charge >= 0.3 is 6.01 Å². The molecule has 1 heterocycles. The highest BCUT2D eigenvalue weighted by Gasteiger charge is 2.43. The lowest BCUT2D eigenvalue weighted by atomic mass is 10.1. The van der Waals surface area contributed by atoms with E-state index in [1.165, 1.54) is 11.1 Å². The van der Waals surface area contributed by atoms with E-state index in [2.05, 4.69) is 60.4 Å². The van der Waals surface area contributed by atoms with Gasteiger partial charge in [-0.3, -0.25) is 4.79 Å². The number of rotatable bonds is 8. The molecule has 0 saturated heterocycles. The fourth-order valence-electron chi connectivity index (χ4n) is 4.14. The smallest absolute Gasteiger partial charge is 0.336 e. The van der Waals surface area contributed by atoms with E-state index in [1.807, 2.05) is 54.6 Å². The summed E-state index contributed by atoms with van der Waals surface area (Å²) in [6.07, 6.45) is 0.895. The number of anilines is 1. The zero-order valence-corrected chi connectivity index (χ0v) is 20.3. The van der Waals surface area contributed by atoms with Crippen LogP contribution in [0.25, 0.3) is 17.1 Å². The van der Waals surface area contributed by atoms with Gasteiger partial charge in [0.15, 0.2) is 5.82 Å². The molecule has 1 aromatic heterocycles. The van der Waals surface area contributed by atoms with E-state index in [-0.39, 0.29) is 11.8 Å². The largest absolute Gasteiger partial charge is 0.462 e. The topological polar surface area (TPSA) is 69.0 Å². The molecule has 0 bridgehead atoms. The Bertz CT molecular complexity index is 1300. The van der Waals surface area contributed by atoms with Crippen LogP contribution in [-0.2, 0) is 4.79 Å². The molecule has 1 aliphatic carbocycles. The molecule has 3 aromatic carbocycles. The highest BCUT2D eigenvalue weighted by molar-refractivity contribution is 5.95. The van der Waals surface area contributed by atoms with Gasteiger partial charge in [0.05, 0.1) is 12.3 Å². The molecule has 0 spiro atoms. The molecule has 1 N–H and O–H groups in total.